The van der Waals surface area contributed by atoms with E-state index >= 15 is 0 Å². The summed E-state index contributed by atoms with van der Waals surface area (Å²) in [5.41, 5.74) is 3.36. The molecule has 2 aliphatic heterocycles. The summed E-state index contributed by atoms with van der Waals surface area (Å²) in [6.07, 6.45) is 3.89. The predicted octanol–water partition coefficient (Wildman–Crippen LogP) is 3.98. The van der Waals surface area contributed by atoms with Gasteiger partial charge in [-0.05, 0) is 65.1 Å². The molecule has 2 nitrogen and oxygen atoms in total. The Morgan fingerprint density at radius 1 is 1.32 bits per heavy atom. The van der Waals surface area contributed by atoms with Crippen LogP contribution >= 0.6 is 22.6 Å². The summed E-state index contributed by atoms with van der Waals surface area (Å²) in [4.78, 5) is 12.3. The summed E-state index contributed by atoms with van der Waals surface area (Å²) >= 11 is 2.31. The SMILES string of the molecule is CCC(=O)C1=C(c2ccc(I)cc2)CC2CCC1O2. The number of Topliss-reactive ketones (excluding diaryl/α,β-unsaturated/α-hetero) is 1. The second-order valence-corrected chi connectivity index (χ2v) is 6.45. The maximum atomic E-state index is 12.3. The van der Waals surface area contributed by atoms with E-state index in [2.05, 4.69) is 46.9 Å². The number of carbonyl (C=O) groups is 1. The number of hydrogen-bond acceptors (Lipinski definition) is 2. The highest BCUT2D eigenvalue weighted by atomic mass is 127. The third-order valence-electron chi connectivity index (χ3n) is 4.00. The van der Waals surface area contributed by atoms with Crippen LogP contribution < -0.4 is 0 Å². The molecule has 3 heteroatoms. The van der Waals surface area contributed by atoms with Crippen molar-refractivity contribution in [3.8, 4) is 0 Å². The van der Waals surface area contributed by atoms with Crippen LogP contribution in [0.5, 0.6) is 0 Å². The highest BCUT2D eigenvalue weighted by Crippen LogP contribution is 2.41. The summed E-state index contributed by atoms with van der Waals surface area (Å²) in [7, 11) is 0. The lowest BCUT2D eigenvalue weighted by Gasteiger charge is -2.26. The first-order chi connectivity index (χ1) is 9.19. The van der Waals surface area contributed by atoms with Crippen molar-refractivity contribution >= 4 is 33.9 Å². The molecule has 19 heavy (non-hydrogen) atoms. The van der Waals surface area contributed by atoms with Gasteiger partial charge in [0.15, 0.2) is 5.78 Å². The molecule has 0 N–H and O–H groups in total. The normalized spacial score (nSPS) is 25.8. The average molecular weight is 368 g/mol. The van der Waals surface area contributed by atoms with Gasteiger partial charge >= 0.3 is 0 Å². The van der Waals surface area contributed by atoms with Gasteiger partial charge in [0, 0.05) is 15.6 Å². The van der Waals surface area contributed by atoms with Gasteiger partial charge in [0.1, 0.15) is 0 Å². The van der Waals surface area contributed by atoms with E-state index < -0.39 is 0 Å². The van der Waals surface area contributed by atoms with Crippen LogP contribution in [0.4, 0.5) is 0 Å². The summed E-state index contributed by atoms with van der Waals surface area (Å²) in [5.74, 6) is 0.249. The predicted molar refractivity (Wildman–Crippen MR) is 83.9 cm³/mol. The number of benzene rings is 1. The van der Waals surface area contributed by atoms with Crippen LogP contribution in [0.1, 0.15) is 38.2 Å². The van der Waals surface area contributed by atoms with Crippen LogP contribution in [-0.4, -0.2) is 18.0 Å². The molecule has 2 unspecified atom stereocenters. The van der Waals surface area contributed by atoms with E-state index in [9.17, 15) is 4.79 Å². The quantitative estimate of drug-likeness (QED) is 0.755. The standard InChI is InChI=1S/C16H17IO2/c1-2-14(18)16-13(9-12-7-8-15(16)19-12)10-3-5-11(17)6-4-10/h3-6,12,15H,2,7-9H2,1H3. The lowest BCUT2D eigenvalue weighted by molar-refractivity contribution is -0.116. The van der Waals surface area contributed by atoms with Crippen molar-refractivity contribution in [3.05, 3.63) is 39.0 Å². The van der Waals surface area contributed by atoms with Gasteiger partial charge in [-0.25, -0.2) is 0 Å². The molecule has 0 radical (unpaired) electrons. The van der Waals surface area contributed by atoms with Crippen molar-refractivity contribution in [1.29, 1.82) is 0 Å². The first-order valence-corrected chi connectivity index (χ1v) is 7.94. The molecule has 2 atom stereocenters. The molecule has 2 aliphatic rings. The minimum atomic E-state index is 0.0421. The molecule has 1 aromatic rings. The summed E-state index contributed by atoms with van der Waals surface area (Å²) in [6.45, 7) is 1.93. The molecule has 100 valence electrons. The van der Waals surface area contributed by atoms with Crippen LogP contribution in [0.2, 0.25) is 0 Å². The van der Waals surface area contributed by atoms with E-state index in [4.69, 9.17) is 4.74 Å². The fourth-order valence-electron chi connectivity index (χ4n) is 3.06. The molecule has 3 rings (SSSR count). The zero-order valence-corrected chi connectivity index (χ0v) is 13.1. The van der Waals surface area contributed by atoms with Crippen LogP contribution in [0.25, 0.3) is 5.57 Å². The third-order valence-corrected chi connectivity index (χ3v) is 4.72. The van der Waals surface area contributed by atoms with Crippen molar-refractivity contribution in [2.75, 3.05) is 0 Å². The second kappa shape index (κ2) is 5.37. The van der Waals surface area contributed by atoms with Gasteiger partial charge in [-0.1, -0.05) is 19.1 Å². The molecule has 0 amide bonds. The van der Waals surface area contributed by atoms with E-state index in [0.29, 0.717) is 12.5 Å². The highest BCUT2D eigenvalue weighted by molar-refractivity contribution is 14.1. The number of carbonyl (C=O) groups excluding carboxylic acids is 1. The van der Waals surface area contributed by atoms with Crippen LogP contribution in [0.15, 0.2) is 29.8 Å². The van der Waals surface area contributed by atoms with Crippen LogP contribution in [0, 0.1) is 3.57 Å². The Morgan fingerprint density at radius 3 is 2.74 bits per heavy atom. The number of ether oxygens (including phenoxy) is 1. The Morgan fingerprint density at radius 2 is 2.05 bits per heavy atom. The molecule has 1 fully saturated rings. The van der Waals surface area contributed by atoms with Crippen molar-refractivity contribution in [3.63, 3.8) is 0 Å². The van der Waals surface area contributed by atoms with Gasteiger partial charge < -0.3 is 4.74 Å². The Hall–Kier alpha value is -0.680. The maximum absolute atomic E-state index is 12.3. The molecule has 0 saturated carbocycles. The smallest absolute Gasteiger partial charge is 0.161 e. The first kappa shape index (κ1) is 13.3. The summed E-state index contributed by atoms with van der Waals surface area (Å²) < 4.78 is 7.15. The Balaban J connectivity index is 2.07. The van der Waals surface area contributed by atoms with Crippen molar-refractivity contribution in [1.82, 2.24) is 0 Å². The molecule has 1 aromatic carbocycles. The number of halogens is 1. The van der Waals surface area contributed by atoms with Gasteiger partial charge in [0.05, 0.1) is 12.2 Å². The topological polar surface area (TPSA) is 26.3 Å². The number of hydrogen-bond donors (Lipinski definition) is 0. The minimum absolute atomic E-state index is 0.0421. The number of rotatable bonds is 3. The summed E-state index contributed by atoms with van der Waals surface area (Å²) in [5, 5.41) is 0. The Kier molecular flexibility index (Phi) is 3.76. The average Bonchev–Trinajstić information content (AvgIpc) is 2.80. The first-order valence-electron chi connectivity index (χ1n) is 6.86. The highest BCUT2D eigenvalue weighted by Gasteiger charge is 2.38. The van der Waals surface area contributed by atoms with Crippen LogP contribution in [0.3, 0.4) is 0 Å². The van der Waals surface area contributed by atoms with Gasteiger partial charge in [0.25, 0.3) is 0 Å². The molecule has 0 aliphatic carbocycles. The van der Waals surface area contributed by atoms with E-state index in [0.717, 1.165) is 24.8 Å². The lowest BCUT2D eigenvalue weighted by Crippen LogP contribution is -2.25. The zero-order valence-electron chi connectivity index (χ0n) is 11.0. The molecular weight excluding hydrogens is 351 g/mol. The molecule has 2 heterocycles. The third kappa shape index (κ3) is 2.50. The fraction of sp³-hybridized carbons (Fsp3) is 0.438. The van der Waals surface area contributed by atoms with E-state index in [1.54, 1.807) is 0 Å². The van der Waals surface area contributed by atoms with Gasteiger partial charge in [-0.3, -0.25) is 4.79 Å². The van der Waals surface area contributed by atoms with E-state index in [-0.39, 0.29) is 11.9 Å². The molecule has 0 spiro atoms. The van der Waals surface area contributed by atoms with Gasteiger partial charge in [-0.2, -0.15) is 0 Å². The zero-order chi connectivity index (χ0) is 13.4. The van der Waals surface area contributed by atoms with E-state index in [1.165, 1.54) is 14.7 Å². The largest absolute Gasteiger partial charge is 0.370 e. The molecule has 0 aromatic heterocycles. The van der Waals surface area contributed by atoms with Crippen molar-refractivity contribution in [2.24, 2.45) is 0 Å². The molecular formula is C16H17IO2. The van der Waals surface area contributed by atoms with Gasteiger partial charge in [-0.15, -0.1) is 0 Å². The summed E-state index contributed by atoms with van der Waals surface area (Å²) in [6, 6.07) is 8.47. The maximum Gasteiger partial charge on any atom is 0.161 e. The monoisotopic (exact) mass is 368 g/mol. The number of ketones is 1. The Labute approximate surface area is 127 Å². The fourth-order valence-corrected chi connectivity index (χ4v) is 3.42. The second-order valence-electron chi connectivity index (χ2n) is 5.20. The lowest BCUT2D eigenvalue weighted by atomic mass is 9.89. The Bertz CT molecular complexity index is 530. The minimum Gasteiger partial charge on any atom is -0.370 e. The molecule has 2 bridgehead atoms. The van der Waals surface area contributed by atoms with Crippen molar-refractivity contribution < 1.29 is 9.53 Å². The van der Waals surface area contributed by atoms with E-state index in [1.807, 2.05) is 6.92 Å². The molecule has 1 saturated heterocycles. The van der Waals surface area contributed by atoms with Crippen LogP contribution in [-0.2, 0) is 9.53 Å². The van der Waals surface area contributed by atoms with Crippen molar-refractivity contribution in [2.45, 2.75) is 44.8 Å². The number of fused-ring (bicyclic) bond motifs is 2. The van der Waals surface area contributed by atoms with Gasteiger partial charge in [0.2, 0.25) is 0 Å².